The molecule has 2 atom stereocenters. The SMILES string of the molecule is O=C(NC1CN(C(=O)O)CC1=O)C(CC(=O)N1CCOCC1)CS(=O)(=O)Cc1ccccc1. The van der Waals surface area contributed by atoms with Gasteiger partial charge in [-0.2, -0.15) is 0 Å². The van der Waals surface area contributed by atoms with Crippen molar-refractivity contribution in [2.45, 2.75) is 18.2 Å². The van der Waals surface area contributed by atoms with E-state index in [9.17, 15) is 27.6 Å². The number of carboxylic acid groups (broad SMARTS) is 1. The number of Topliss-reactive ketones (excluding diaryl/α,β-unsaturated/α-hetero) is 1. The quantitative estimate of drug-likeness (QED) is 0.505. The first-order valence-electron chi connectivity index (χ1n) is 10.6. The molecule has 1 aromatic carbocycles. The third-order valence-corrected chi connectivity index (χ3v) is 7.25. The Labute approximate surface area is 191 Å². The number of hydrogen-bond acceptors (Lipinski definition) is 7. The summed E-state index contributed by atoms with van der Waals surface area (Å²) in [6.45, 7) is 0.828. The molecule has 0 spiro atoms. The highest BCUT2D eigenvalue weighted by Crippen LogP contribution is 2.17. The van der Waals surface area contributed by atoms with Gasteiger partial charge in [0.2, 0.25) is 11.8 Å². The lowest BCUT2D eigenvalue weighted by Crippen LogP contribution is -2.48. The monoisotopic (exact) mass is 481 g/mol. The Morgan fingerprint density at radius 3 is 2.39 bits per heavy atom. The van der Waals surface area contributed by atoms with Gasteiger partial charge < -0.3 is 20.1 Å². The summed E-state index contributed by atoms with van der Waals surface area (Å²) in [6.07, 6.45) is -1.63. The lowest BCUT2D eigenvalue weighted by molar-refractivity contribution is -0.139. The van der Waals surface area contributed by atoms with Crippen LogP contribution in [0.15, 0.2) is 30.3 Å². The molecule has 2 saturated heterocycles. The second-order valence-electron chi connectivity index (χ2n) is 8.12. The minimum atomic E-state index is -3.77. The van der Waals surface area contributed by atoms with Crippen molar-refractivity contribution in [1.29, 1.82) is 0 Å². The van der Waals surface area contributed by atoms with Crippen LogP contribution in [-0.2, 0) is 34.7 Å². The average molecular weight is 482 g/mol. The zero-order valence-corrected chi connectivity index (χ0v) is 18.8. The number of ketones is 1. The van der Waals surface area contributed by atoms with E-state index in [2.05, 4.69) is 5.32 Å². The van der Waals surface area contributed by atoms with Gasteiger partial charge in [-0.15, -0.1) is 0 Å². The van der Waals surface area contributed by atoms with Crippen LogP contribution in [0.1, 0.15) is 12.0 Å². The van der Waals surface area contributed by atoms with E-state index in [0.717, 1.165) is 4.90 Å². The van der Waals surface area contributed by atoms with Gasteiger partial charge in [0, 0.05) is 19.5 Å². The van der Waals surface area contributed by atoms with Gasteiger partial charge in [-0.1, -0.05) is 30.3 Å². The summed E-state index contributed by atoms with van der Waals surface area (Å²) in [5.74, 6) is -3.72. The maximum atomic E-state index is 13.0. The molecule has 11 nitrogen and oxygen atoms in total. The summed E-state index contributed by atoms with van der Waals surface area (Å²) in [5, 5.41) is 11.5. The Bertz CT molecular complexity index is 992. The van der Waals surface area contributed by atoms with Crippen molar-refractivity contribution in [3.63, 3.8) is 0 Å². The number of hydrogen-bond donors (Lipinski definition) is 2. The molecule has 2 N–H and O–H groups in total. The molecule has 2 heterocycles. The number of nitrogens with zero attached hydrogens (tertiary/aromatic N) is 2. The average Bonchev–Trinajstić information content (AvgIpc) is 3.14. The molecule has 0 saturated carbocycles. The van der Waals surface area contributed by atoms with E-state index in [4.69, 9.17) is 9.84 Å². The topological polar surface area (TPSA) is 150 Å². The summed E-state index contributed by atoms with van der Waals surface area (Å²) in [5.41, 5.74) is 0.555. The van der Waals surface area contributed by atoms with Crippen molar-refractivity contribution >= 4 is 33.5 Å². The van der Waals surface area contributed by atoms with Gasteiger partial charge in [0.1, 0.15) is 6.04 Å². The first-order chi connectivity index (χ1) is 15.6. The molecule has 3 amide bonds. The highest BCUT2D eigenvalue weighted by Gasteiger charge is 2.37. The summed E-state index contributed by atoms with van der Waals surface area (Å²) >= 11 is 0. The first-order valence-corrected chi connectivity index (χ1v) is 12.4. The van der Waals surface area contributed by atoms with Crippen LogP contribution in [0.5, 0.6) is 0 Å². The third kappa shape index (κ3) is 6.99. The number of amides is 3. The molecule has 12 heteroatoms. The molecule has 0 aromatic heterocycles. The van der Waals surface area contributed by atoms with E-state index in [1.54, 1.807) is 30.3 Å². The fraction of sp³-hybridized carbons (Fsp3) is 0.524. The zero-order valence-electron chi connectivity index (χ0n) is 18.0. The van der Waals surface area contributed by atoms with E-state index in [-0.39, 0.29) is 31.2 Å². The molecule has 2 aliphatic heterocycles. The fourth-order valence-corrected chi connectivity index (χ4v) is 5.52. The lowest BCUT2D eigenvalue weighted by Gasteiger charge is -2.28. The van der Waals surface area contributed by atoms with Crippen LogP contribution in [0.3, 0.4) is 0 Å². The number of rotatable bonds is 8. The van der Waals surface area contributed by atoms with E-state index >= 15 is 0 Å². The Balaban J connectivity index is 1.72. The van der Waals surface area contributed by atoms with Crippen molar-refractivity contribution in [2.75, 3.05) is 45.1 Å². The molecule has 33 heavy (non-hydrogen) atoms. The summed E-state index contributed by atoms with van der Waals surface area (Å²) in [4.78, 5) is 51.3. The number of likely N-dealkylation sites (tertiary alicyclic amines) is 1. The fourth-order valence-electron chi connectivity index (χ4n) is 3.82. The molecule has 3 rings (SSSR count). The Hall–Kier alpha value is -2.99. The summed E-state index contributed by atoms with van der Waals surface area (Å²) in [6, 6.07) is 7.40. The van der Waals surface area contributed by atoms with Crippen molar-refractivity contribution in [3.05, 3.63) is 35.9 Å². The van der Waals surface area contributed by atoms with Crippen LogP contribution < -0.4 is 5.32 Å². The molecule has 1 aromatic rings. The number of carbonyl (C=O) groups excluding carboxylic acids is 3. The van der Waals surface area contributed by atoms with Crippen molar-refractivity contribution in [2.24, 2.45) is 5.92 Å². The molecule has 2 aliphatic rings. The highest BCUT2D eigenvalue weighted by atomic mass is 32.2. The van der Waals surface area contributed by atoms with Gasteiger partial charge in [-0.3, -0.25) is 19.3 Å². The molecule has 0 aliphatic carbocycles. The Morgan fingerprint density at radius 1 is 1.12 bits per heavy atom. The number of nitrogens with one attached hydrogen (secondary N) is 1. The Kier molecular flexibility index (Phi) is 8.03. The zero-order chi connectivity index (χ0) is 24.0. The number of ether oxygens (including phenoxy) is 1. The van der Waals surface area contributed by atoms with Crippen LogP contribution in [0.2, 0.25) is 0 Å². The van der Waals surface area contributed by atoms with Gasteiger partial charge in [-0.05, 0) is 5.56 Å². The number of morpholine rings is 1. The smallest absolute Gasteiger partial charge is 0.407 e. The highest BCUT2D eigenvalue weighted by molar-refractivity contribution is 7.90. The van der Waals surface area contributed by atoms with Crippen LogP contribution in [0.4, 0.5) is 4.79 Å². The standard InChI is InChI=1S/C21H27N3O8S/c25-18-12-24(21(28)29)11-17(18)22-20(27)16(10-19(26)23-6-8-32-9-7-23)14-33(30,31)13-15-4-2-1-3-5-15/h1-5,16-17H,6-14H2,(H,22,27)(H,28,29). The lowest BCUT2D eigenvalue weighted by atomic mass is 10.0. The maximum absolute atomic E-state index is 13.0. The summed E-state index contributed by atoms with van der Waals surface area (Å²) < 4.78 is 30.9. The van der Waals surface area contributed by atoms with Gasteiger partial charge in [0.25, 0.3) is 0 Å². The second-order valence-corrected chi connectivity index (χ2v) is 10.2. The molecular formula is C21H27N3O8S. The van der Waals surface area contributed by atoms with E-state index in [0.29, 0.717) is 31.9 Å². The van der Waals surface area contributed by atoms with E-state index < -0.39 is 45.3 Å². The number of sulfone groups is 1. The van der Waals surface area contributed by atoms with Crippen molar-refractivity contribution in [1.82, 2.24) is 15.1 Å². The van der Waals surface area contributed by atoms with Crippen molar-refractivity contribution < 1.29 is 37.4 Å². The second kappa shape index (κ2) is 10.8. The molecule has 0 bridgehead atoms. The minimum absolute atomic E-state index is 0.221. The summed E-state index contributed by atoms with van der Waals surface area (Å²) in [7, 11) is -3.77. The largest absolute Gasteiger partial charge is 0.465 e. The Morgan fingerprint density at radius 2 is 1.79 bits per heavy atom. The van der Waals surface area contributed by atoms with Gasteiger partial charge in [0.15, 0.2) is 15.6 Å². The van der Waals surface area contributed by atoms with Crippen LogP contribution in [0.25, 0.3) is 0 Å². The third-order valence-electron chi connectivity index (χ3n) is 5.57. The first kappa shape index (κ1) is 24.6. The molecule has 180 valence electrons. The van der Waals surface area contributed by atoms with Crippen LogP contribution >= 0.6 is 0 Å². The van der Waals surface area contributed by atoms with Crippen LogP contribution in [0, 0.1) is 5.92 Å². The maximum Gasteiger partial charge on any atom is 0.407 e. The predicted molar refractivity (Wildman–Crippen MR) is 116 cm³/mol. The van der Waals surface area contributed by atoms with Crippen LogP contribution in [-0.4, -0.2) is 98.2 Å². The molecule has 2 fully saturated rings. The van der Waals surface area contributed by atoms with Gasteiger partial charge >= 0.3 is 6.09 Å². The van der Waals surface area contributed by atoms with Gasteiger partial charge in [-0.25, -0.2) is 13.2 Å². The number of benzene rings is 1. The molecular weight excluding hydrogens is 454 g/mol. The predicted octanol–water partition coefficient (Wildman–Crippen LogP) is -0.486. The van der Waals surface area contributed by atoms with Crippen molar-refractivity contribution in [3.8, 4) is 0 Å². The van der Waals surface area contributed by atoms with E-state index in [1.807, 2.05) is 0 Å². The van der Waals surface area contributed by atoms with Gasteiger partial charge in [0.05, 0.1) is 43.7 Å². The number of carbonyl (C=O) groups is 4. The minimum Gasteiger partial charge on any atom is -0.465 e. The molecule has 0 radical (unpaired) electrons. The normalized spacial score (nSPS) is 19.9. The molecule has 2 unspecified atom stereocenters. The van der Waals surface area contributed by atoms with E-state index in [1.165, 1.54) is 4.90 Å².